The molecule has 0 saturated carbocycles. The van der Waals surface area contributed by atoms with E-state index in [2.05, 4.69) is 29.2 Å². The number of unbranched alkanes of at least 4 members (excludes halogenated alkanes) is 1. The van der Waals surface area contributed by atoms with Gasteiger partial charge in [0.15, 0.2) is 0 Å². The molecule has 3 aromatic rings. The molecular formula is C24H27N3O3. The second-order valence-corrected chi connectivity index (χ2v) is 7.66. The Balaban J connectivity index is 1.35. The lowest BCUT2D eigenvalue weighted by molar-refractivity contribution is -0.127. The largest absolute Gasteiger partial charge is 0.494 e. The fourth-order valence-corrected chi connectivity index (χ4v) is 3.62. The second kappa shape index (κ2) is 9.57. The van der Waals surface area contributed by atoms with Crippen molar-refractivity contribution < 1.29 is 14.1 Å². The normalized spacial score (nSPS) is 16.2. The lowest BCUT2D eigenvalue weighted by Gasteiger charge is -2.15. The summed E-state index contributed by atoms with van der Waals surface area (Å²) in [6.07, 6.45) is 3.41. The molecule has 156 valence electrons. The van der Waals surface area contributed by atoms with Crippen LogP contribution in [0, 0.1) is 0 Å². The van der Waals surface area contributed by atoms with Gasteiger partial charge < -0.3 is 14.2 Å². The van der Waals surface area contributed by atoms with E-state index in [0.717, 1.165) is 37.2 Å². The number of carbonyl (C=O) groups excluding carboxylic acids is 1. The molecule has 1 aromatic heterocycles. The van der Waals surface area contributed by atoms with Gasteiger partial charge >= 0.3 is 0 Å². The number of aromatic nitrogens is 2. The number of ether oxygens (including phenoxy) is 1. The second-order valence-electron chi connectivity index (χ2n) is 7.66. The molecule has 0 spiro atoms. The summed E-state index contributed by atoms with van der Waals surface area (Å²) in [6, 6.07) is 17.9. The molecule has 1 fully saturated rings. The van der Waals surface area contributed by atoms with Crippen LogP contribution in [0.4, 0.5) is 0 Å². The van der Waals surface area contributed by atoms with Crippen molar-refractivity contribution in [1.29, 1.82) is 0 Å². The molecule has 1 atom stereocenters. The number of likely N-dealkylation sites (tertiary alicyclic amines) is 1. The maximum atomic E-state index is 12.4. The zero-order valence-electron chi connectivity index (χ0n) is 17.3. The van der Waals surface area contributed by atoms with Crippen LogP contribution in [0.3, 0.4) is 0 Å². The van der Waals surface area contributed by atoms with Gasteiger partial charge in [-0.05, 0) is 42.7 Å². The maximum Gasteiger partial charge on any atom is 0.232 e. The number of hydrogen-bond acceptors (Lipinski definition) is 5. The molecule has 0 bridgehead atoms. The Morgan fingerprint density at radius 2 is 1.93 bits per heavy atom. The predicted octanol–water partition coefficient (Wildman–Crippen LogP) is 4.47. The number of benzene rings is 2. The fraction of sp³-hybridized carbons (Fsp3) is 0.375. The van der Waals surface area contributed by atoms with Crippen LogP contribution in [0.2, 0.25) is 0 Å². The van der Waals surface area contributed by atoms with Crippen LogP contribution in [-0.4, -0.2) is 40.6 Å². The highest BCUT2D eigenvalue weighted by molar-refractivity contribution is 5.79. The zero-order chi connectivity index (χ0) is 20.8. The first-order valence-electron chi connectivity index (χ1n) is 10.6. The summed E-state index contributed by atoms with van der Waals surface area (Å²) in [5.41, 5.74) is 2.11. The highest BCUT2D eigenvalue weighted by Crippen LogP contribution is 2.29. The van der Waals surface area contributed by atoms with Gasteiger partial charge in [-0.25, -0.2) is 0 Å². The minimum Gasteiger partial charge on any atom is -0.494 e. The molecule has 1 unspecified atom stereocenters. The van der Waals surface area contributed by atoms with Crippen molar-refractivity contribution in [3.8, 4) is 17.1 Å². The molecule has 30 heavy (non-hydrogen) atoms. The van der Waals surface area contributed by atoms with Crippen LogP contribution < -0.4 is 4.74 Å². The van der Waals surface area contributed by atoms with Gasteiger partial charge in [0.25, 0.3) is 0 Å². The third-order valence-corrected chi connectivity index (χ3v) is 5.40. The monoisotopic (exact) mass is 405 g/mol. The number of carbonyl (C=O) groups is 1. The van der Waals surface area contributed by atoms with E-state index in [-0.39, 0.29) is 11.8 Å². The van der Waals surface area contributed by atoms with Crippen molar-refractivity contribution >= 4 is 5.91 Å². The van der Waals surface area contributed by atoms with Gasteiger partial charge in [0.05, 0.1) is 12.5 Å². The SMILES string of the molecule is CCCCOc1ccc(-c2noc(C3CC(=O)N(CCc4ccccc4)C3)n2)cc1. The Hall–Kier alpha value is -3.15. The molecule has 1 aliphatic rings. The van der Waals surface area contributed by atoms with E-state index >= 15 is 0 Å². The molecular weight excluding hydrogens is 378 g/mol. The van der Waals surface area contributed by atoms with E-state index in [1.807, 2.05) is 47.4 Å². The van der Waals surface area contributed by atoms with Gasteiger partial charge in [-0.15, -0.1) is 0 Å². The van der Waals surface area contributed by atoms with Crippen LogP contribution in [0.15, 0.2) is 59.1 Å². The Morgan fingerprint density at radius 1 is 1.13 bits per heavy atom. The Morgan fingerprint density at radius 3 is 2.70 bits per heavy atom. The number of amides is 1. The molecule has 1 amide bonds. The smallest absolute Gasteiger partial charge is 0.232 e. The first-order valence-corrected chi connectivity index (χ1v) is 10.6. The minimum absolute atomic E-state index is 0.0498. The van der Waals surface area contributed by atoms with Crippen LogP contribution in [0.1, 0.15) is 43.6 Å². The predicted molar refractivity (Wildman–Crippen MR) is 114 cm³/mol. The van der Waals surface area contributed by atoms with Gasteiger partial charge in [0.1, 0.15) is 5.75 Å². The Kier molecular flexibility index (Phi) is 6.42. The van der Waals surface area contributed by atoms with Crippen molar-refractivity contribution in [1.82, 2.24) is 15.0 Å². The third-order valence-electron chi connectivity index (χ3n) is 5.40. The average molecular weight is 405 g/mol. The minimum atomic E-state index is -0.0498. The van der Waals surface area contributed by atoms with E-state index in [0.29, 0.717) is 31.2 Å². The summed E-state index contributed by atoms with van der Waals surface area (Å²) in [5, 5.41) is 4.12. The average Bonchev–Trinajstić information content (AvgIpc) is 3.41. The Labute approximate surface area is 176 Å². The van der Waals surface area contributed by atoms with Crippen molar-refractivity contribution in [2.24, 2.45) is 0 Å². The molecule has 1 aliphatic heterocycles. The van der Waals surface area contributed by atoms with Gasteiger partial charge in [-0.3, -0.25) is 4.79 Å². The topological polar surface area (TPSA) is 68.5 Å². The quantitative estimate of drug-likeness (QED) is 0.491. The fourth-order valence-electron chi connectivity index (χ4n) is 3.62. The van der Waals surface area contributed by atoms with E-state index in [4.69, 9.17) is 9.26 Å². The summed E-state index contributed by atoms with van der Waals surface area (Å²) in [6.45, 7) is 4.19. The van der Waals surface area contributed by atoms with Gasteiger partial charge in [0.2, 0.25) is 17.6 Å². The van der Waals surface area contributed by atoms with Gasteiger partial charge in [-0.1, -0.05) is 48.8 Å². The molecule has 6 nitrogen and oxygen atoms in total. The van der Waals surface area contributed by atoms with Crippen LogP contribution in [0.25, 0.3) is 11.4 Å². The lowest BCUT2D eigenvalue weighted by atomic mass is 10.1. The van der Waals surface area contributed by atoms with Gasteiger partial charge in [0, 0.05) is 25.1 Å². The number of rotatable bonds is 9. The summed E-state index contributed by atoms with van der Waals surface area (Å²) < 4.78 is 11.2. The lowest BCUT2D eigenvalue weighted by Crippen LogP contribution is -2.27. The summed E-state index contributed by atoms with van der Waals surface area (Å²) in [4.78, 5) is 18.9. The zero-order valence-corrected chi connectivity index (χ0v) is 17.3. The molecule has 0 N–H and O–H groups in total. The molecule has 4 rings (SSSR count). The van der Waals surface area contributed by atoms with E-state index < -0.39 is 0 Å². The Bertz CT molecular complexity index is 953. The third kappa shape index (κ3) is 4.87. The first-order chi connectivity index (χ1) is 14.7. The van der Waals surface area contributed by atoms with Crippen LogP contribution >= 0.6 is 0 Å². The molecule has 2 heterocycles. The summed E-state index contributed by atoms with van der Waals surface area (Å²) in [5.74, 6) is 2.01. The standard InChI is InChI=1S/C24H27N3O3/c1-2-3-15-29-21-11-9-19(10-12-21)23-25-24(30-26-23)20-16-22(28)27(17-20)14-13-18-7-5-4-6-8-18/h4-12,20H,2-3,13-17H2,1H3. The van der Waals surface area contributed by atoms with E-state index in [1.54, 1.807) is 0 Å². The first kappa shape index (κ1) is 20.1. The molecule has 2 aromatic carbocycles. The van der Waals surface area contributed by atoms with E-state index in [9.17, 15) is 4.79 Å². The summed E-state index contributed by atoms with van der Waals surface area (Å²) in [7, 11) is 0. The number of nitrogens with zero attached hydrogens (tertiary/aromatic N) is 3. The highest BCUT2D eigenvalue weighted by atomic mass is 16.5. The molecule has 1 saturated heterocycles. The number of hydrogen-bond donors (Lipinski definition) is 0. The van der Waals surface area contributed by atoms with Crippen LogP contribution in [-0.2, 0) is 11.2 Å². The molecule has 0 aliphatic carbocycles. The summed E-state index contributed by atoms with van der Waals surface area (Å²) >= 11 is 0. The van der Waals surface area contributed by atoms with Crippen molar-refractivity contribution in [2.45, 2.75) is 38.5 Å². The maximum absolute atomic E-state index is 12.4. The van der Waals surface area contributed by atoms with Crippen LogP contribution in [0.5, 0.6) is 5.75 Å². The van der Waals surface area contributed by atoms with Crippen molar-refractivity contribution in [3.05, 3.63) is 66.1 Å². The van der Waals surface area contributed by atoms with Crippen molar-refractivity contribution in [2.75, 3.05) is 19.7 Å². The van der Waals surface area contributed by atoms with Crippen molar-refractivity contribution in [3.63, 3.8) is 0 Å². The van der Waals surface area contributed by atoms with Gasteiger partial charge in [-0.2, -0.15) is 4.98 Å². The highest BCUT2D eigenvalue weighted by Gasteiger charge is 2.34. The molecule has 6 heteroatoms. The molecule has 0 radical (unpaired) electrons. The van der Waals surface area contributed by atoms with E-state index in [1.165, 1.54) is 5.56 Å².